The second-order valence-electron chi connectivity index (χ2n) is 4.30. The van der Waals surface area contributed by atoms with Crippen LogP contribution in [0.4, 0.5) is 10.1 Å². The van der Waals surface area contributed by atoms with Gasteiger partial charge in [-0.05, 0) is 45.8 Å². The molecule has 0 unspecified atom stereocenters. The Morgan fingerprint density at radius 1 is 1.15 bits per heavy atom. The molecule has 2 aromatic rings. The summed E-state index contributed by atoms with van der Waals surface area (Å²) in [7, 11) is 1.67. The van der Waals surface area contributed by atoms with Crippen LogP contribution in [0, 0.1) is 5.82 Å². The number of methoxy groups -OCH3 is 1. The van der Waals surface area contributed by atoms with Crippen molar-refractivity contribution in [2.24, 2.45) is 0 Å². The minimum atomic E-state index is -0.253. The minimum absolute atomic E-state index is 0.253. The van der Waals surface area contributed by atoms with Crippen molar-refractivity contribution in [3.05, 3.63) is 62.3 Å². The number of ether oxygens (including phenoxy) is 1. The monoisotopic (exact) mass is 401 g/mol. The molecule has 0 aliphatic heterocycles. The molecule has 1 N–H and O–H groups in total. The van der Waals surface area contributed by atoms with Crippen LogP contribution in [-0.2, 0) is 17.9 Å². The Kier molecular flexibility index (Phi) is 5.57. The van der Waals surface area contributed by atoms with Crippen molar-refractivity contribution in [2.75, 3.05) is 12.4 Å². The third-order valence-corrected chi connectivity index (χ3v) is 4.23. The summed E-state index contributed by atoms with van der Waals surface area (Å²) >= 11 is 6.71. The Morgan fingerprint density at radius 2 is 1.95 bits per heavy atom. The largest absolute Gasteiger partial charge is 0.381 e. The van der Waals surface area contributed by atoms with Gasteiger partial charge in [0.25, 0.3) is 0 Å². The standard InChI is InChI=1S/C15H14Br2FNO/c1-20-9-11-12(16)3-2-4-15(11)19-8-10-5-6-14(18)13(17)7-10/h2-7,19H,8-9H2,1H3. The third kappa shape index (κ3) is 3.81. The smallest absolute Gasteiger partial charge is 0.137 e. The summed E-state index contributed by atoms with van der Waals surface area (Å²) in [6.45, 7) is 1.14. The van der Waals surface area contributed by atoms with E-state index in [1.54, 1.807) is 19.2 Å². The Morgan fingerprint density at radius 3 is 2.65 bits per heavy atom. The SMILES string of the molecule is COCc1c(Br)cccc1NCc1ccc(F)c(Br)c1. The van der Waals surface area contributed by atoms with Gasteiger partial charge in [0, 0.05) is 29.4 Å². The molecule has 0 bridgehead atoms. The molecule has 2 aromatic carbocycles. The van der Waals surface area contributed by atoms with Gasteiger partial charge < -0.3 is 10.1 Å². The van der Waals surface area contributed by atoms with Crippen molar-refractivity contribution in [3.63, 3.8) is 0 Å². The maximum absolute atomic E-state index is 13.2. The lowest BCUT2D eigenvalue weighted by molar-refractivity contribution is 0.185. The number of benzene rings is 2. The van der Waals surface area contributed by atoms with Gasteiger partial charge in [0.15, 0.2) is 0 Å². The highest BCUT2D eigenvalue weighted by Crippen LogP contribution is 2.26. The van der Waals surface area contributed by atoms with Crippen LogP contribution in [0.5, 0.6) is 0 Å². The van der Waals surface area contributed by atoms with E-state index in [9.17, 15) is 4.39 Å². The van der Waals surface area contributed by atoms with Crippen LogP contribution >= 0.6 is 31.9 Å². The molecule has 0 radical (unpaired) electrons. The van der Waals surface area contributed by atoms with Crippen LogP contribution in [0.25, 0.3) is 0 Å². The van der Waals surface area contributed by atoms with E-state index in [0.29, 0.717) is 17.6 Å². The molecule has 0 spiro atoms. The first kappa shape index (κ1) is 15.5. The zero-order chi connectivity index (χ0) is 14.5. The maximum Gasteiger partial charge on any atom is 0.137 e. The third-order valence-electron chi connectivity index (χ3n) is 2.87. The molecule has 0 aromatic heterocycles. The number of halogens is 3. The summed E-state index contributed by atoms with van der Waals surface area (Å²) in [5.41, 5.74) is 3.07. The molecule has 0 saturated carbocycles. The topological polar surface area (TPSA) is 21.3 Å². The van der Waals surface area contributed by atoms with Gasteiger partial charge in [-0.3, -0.25) is 0 Å². The summed E-state index contributed by atoms with van der Waals surface area (Å²) < 4.78 is 19.9. The second-order valence-corrected chi connectivity index (χ2v) is 6.01. The summed E-state index contributed by atoms with van der Waals surface area (Å²) in [5, 5.41) is 3.35. The van der Waals surface area contributed by atoms with E-state index in [0.717, 1.165) is 21.3 Å². The van der Waals surface area contributed by atoms with E-state index in [1.165, 1.54) is 6.07 Å². The van der Waals surface area contributed by atoms with Crippen LogP contribution in [0.3, 0.4) is 0 Å². The first-order valence-electron chi connectivity index (χ1n) is 6.06. The van der Waals surface area contributed by atoms with E-state index in [1.807, 2.05) is 18.2 Å². The molecule has 0 amide bonds. The molecule has 0 aliphatic carbocycles. The first-order chi connectivity index (χ1) is 9.61. The lowest BCUT2D eigenvalue weighted by atomic mass is 10.1. The number of rotatable bonds is 5. The predicted octanol–water partition coefficient (Wildman–Crippen LogP) is 5.11. The quantitative estimate of drug-likeness (QED) is 0.750. The van der Waals surface area contributed by atoms with Crippen molar-refractivity contribution < 1.29 is 9.13 Å². The lowest BCUT2D eigenvalue weighted by Crippen LogP contribution is -2.04. The zero-order valence-corrected chi connectivity index (χ0v) is 14.1. The minimum Gasteiger partial charge on any atom is -0.381 e. The van der Waals surface area contributed by atoms with Gasteiger partial charge in [-0.15, -0.1) is 0 Å². The first-order valence-corrected chi connectivity index (χ1v) is 7.64. The van der Waals surface area contributed by atoms with Crippen LogP contribution in [0.15, 0.2) is 45.3 Å². The van der Waals surface area contributed by atoms with Gasteiger partial charge in [-0.2, -0.15) is 0 Å². The van der Waals surface area contributed by atoms with Gasteiger partial charge in [-0.1, -0.05) is 28.1 Å². The molecule has 2 rings (SSSR count). The summed E-state index contributed by atoms with van der Waals surface area (Å²) in [6.07, 6.45) is 0. The van der Waals surface area contributed by atoms with E-state index >= 15 is 0 Å². The molecule has 2 nitrogen and oxygen atoms in total. The van der Waals surface area contributed by atoms with Gasteiger partial charge >= 0.3 is 0 Å². The molecule has 0 aliphatic rings. The molecule has 0 saturated heterocycles. The fourth-order valence-corrected chi connectivity index (χ4v) is 2.77. The van der Waals surface area contributed by atoms with Crippen molar-refractivity contribution in [1.29, 1.82) is 0 Å². The highest BCUT2D eigenvalue weighted by atomic mass is 79.9. The molecule has 5 heteroatoms. The normalized spacial score (nSPS) is 10.6. The maximum atomic E-state index is 13.2. The molecular formula is C15H14Br2FNO. The van der Waals surface area contributed by atoms with Crippen LogP contribution in [0.2, 0.25) is 0 Å². The molecule has 0 fully saturated rings. The Bertz CT molecular complexity index is 604. The predicted molar refractivity (Wildman–Crippen MR) is 86.3 cm³/mol. The molecule has 20 heavy (non-hydrogen) atoms. The van der Waals surface area contributed by atoms with E-state index in [-0.39, 0.29) is 5.82 Å². The summed E-state index contributed by atoms with van der Waals surface area (Å²) in [4.78, 5) is 0. The van der Waals surface area contributed by atoms with Crippen molar-refractivity contribution >= 4 is 37.5 Å². The zero-order valence-electron chi connectivity index (χ0n) is 10.9. The van der Waals surface area contributed by atoms with Crippen molar-refractivity contribution in [2.45, 2.75) is 13.2 Å². The van der Waals surface area contributed by atoms with Gasteiger partial charge in [0.2, 0.25) is 0 Å². The second kappa shape index (κ2) is 7.20. The Balaban J connectivity index is 2.14. The highest BCUT2D eigenvalue weighted by molar-refractivity contribution is 9.10. The lowest BCUT2D eigenvalue weighted by Gasteiger charge is -2.13. The van der Waals surface area contributed by atoms with E-state index < -0.39 is 0 Å². The van der Waals surface area contributed by atoms with E-state index in [4.69, 9.17) is 4.74 Å². The molecule has 0 heterocycles. The summed E-state index contributed by atoms with van der Waals surface area (Å²) in [5.74, 6) is -0.253. The fourth-order valence-electron chi connectivity index (χ4n) is 1.86. The number of hydrogen-bond donors (Lipinski definition) is 1. The highest BCUT2D eigenvalue weighted by Gasteiger charge is 2.07. The number of anilines is 1. The molecular weight excluding hydrogens is 389 g/mol. The van der Waals surface area contributed by atoms with Gasteiger partial charge in [0.05, 0.1) is 11.1 Å². The van der Waals surface area contributed by atoms with Crippen LogP contribution in [0.1, 0.15) is 11.1 Å². The average Bonchev–Trinajstić information content (AvgIpc) is 2.43. The van der Waals surface area contributed by atoms with Crippen molar-refractivity contribution in [3.8, 4) is 0 Å². The molecule has 0 atom stereocenters. The average molecular weight is 403 g/mol. The molecule has 106 valence electrons. The van der Waals surface area contributed by atoms with Gasteiger partial charge in [0.1, 0.15) is 5.82 Å². The Labute approximate surface area is 134 Å². The van der Waals surface area contributed by atoms with Crippen LogP contribution in [-0.4, -0.2) is 7.11 Å². The van der Waals surface area contributed by atoms with Crippen LogP contribution < -0.4 is 5.32 Å². The van der Waals surface area contributed by atoms with Gasteiger partial charge in [-0.25, -0.2) is 4.39 Å². The number of nitrogens with one attached hydrogen (secondary N) is 1. The Hall–Kier alpha value is -0.910. The summed E-state index contributed by atoms with van der Waals surface area (Å²) in [6, 6.07) is 10.9. The van der Waals surface area contributed by atoms with Crippen molar-refractivity contribution in [1.82, 2.24) is 0 Å². The fraction of sp³-hybridized carbons (Fsp3) is 0.200. The van der Waals surface area contributed by atoms with E-state index in [2.05, 4.69) is 37.2 Å². The number of hydrogen-bond acceptors (Lipinski definition) is 2.